The number of alkyl halides is 3. The van der Waals surface area contributed by atoms with E-state index in [2.05, 4.69) is 15.4 Å². The molecule has 8 heteroatoms. The van der Waals surface area contributed by atoms with E-state index in [-0.39, 0.29) is 24.3 Å². The van der Waals surface area contributed by atoms with Crippen LogP contribution in [0.3, 0.4) is 0 Å². The molecule has 0 aliphatic carbocycles. The van der Waals surface area contributed by atoms with Gasteiger partial charge in [-0.3, -0.25) is 9.67 Å². The monoisotopic (exact) mass is 354 g/mol. The van der Waals surface area contributed by atoms with E-state index >= 15 is 0 Å². The SMILES string of the molecule is CCn1nccc1[C@@H]1OCC[C@H]1CNCc1ncccc1C(F)(F)F. The van der Waals surface area contributed by atoms with E-state index < -0.39 is 11.7 Å². The quantitative estimate of drug-likeness (QED) is 0.866. The van der Waals surface area contributed by atoms with Gasteiger partial charge >= 0.3 is 6.18 Å². The highest BCUT2D eigenvalue weighted by atomic mass is 19.4. The third-order valence-corrected chi connectivity index (χ3v) is 4.45. The van der Waals surface area contributed by atoms with E-state index in [1.807, 2.05) is 17.7 Å². The van der Waals surface area contributed by atoms with Gasteiger partial charge in [0.1, 0.15) is 6.10 Å². The van der Waals surface area contributed by atoms with Crippen LogP contribution in [-0.4, -0.2) is 27.9 Å². The first kappa shape index (κ1) is 17.9. The molecule has 1 N–H and O–H groups in total. The van der Waals surface area contributed by atoms with Gasteiger partial charge in [0.15, 0.2) is 0 Å². The molecule has 0 bridgehead atoms. The summed E-state index contributed by atoms with van der Waals surface area (Å²) in [6.07, 6.45) is -0.485. The zero-order chi connectivity index (χ0) is 17.9. The lowest BCUT2D eigenvalue weighted by Crippen LogP contribution is -2.27. The maximum absolute atomic E-state index is 13.0. The summed E-state index contributed by atoms with van der Waals surface area (Å²) in [5.74, 6) is 0.194. The minimum atomic E-state index is -4.39. The van der Waals surface area contributed by atoms with Crippen LogP contribution in [0.2, 0.25) is 0 Å². The van der Waals surface area contributed by atoms with E-state index in [1.54, 1.807) is 6.20 Å². The van der Waals surface area contributed by atoms with Crippen LogP contribution in [-0.2, 0) is 24.0 Å². The van der Waals surface area contributed by atoms with Crippen LogP contribution in [0, 0.1) is 5.92 Å². The Hall–Kier alpha value is -1.93. The van der Waals surface area contributed by atoms with Crippen molar-refractivity contribution in [3.8, 4) is 0 Å². The lowest BCUT2D eigenvalue weighted by atomic mass is 9.98. The van der Waals surface area contributed by atoms with Crippen LogP contribution in [0.15, 0.2) is 30.6 Å². The molecule has 2 aromatic heterocycles. The van der Waals surface area contributed by atoms with Crippen molar-refractivity contribution in [2.75, 3.05) is 13.2 Å². The number of nitrogens with one attached hydrogen (secondary N) is 1. The van der Waals surface area contributed by atoms with E-state index in [9.17, 15) is 13.2 Å². The minimum Gasteiger partial charge on any atom is -0.372 e. The largest absolute Gasteiger partial charge is 0.418 e. The molecule has 0 saturated carbocycles. The Balaban J connectivity index is 1.63. The topological polar surface area (TPSA) is 52.0 Å². The number of nitrogens with zero attached hydrogens (tertiary/aromatic N) is 3. The Morgan fingerprint density at radius 3 is 2.92 bits per heavy atom. The molecule has 0 amide bonds. The Morgan fingerprint density at radius 1 is 1.32 bits per heavy atom. The van der Waals surface area contributed by atoms with Crippen molar-refractivity contribution in [3.05, 3.63) is 47.5 Å². The Morgan fingerprint density at radius 2 is 2.16 bits per heavy atom. The van der Waals surface area contributed by atoms with E-state index in [0.717, 1.165) is 24.7 Å². The summed E-state index contributed by atoms with van der Waals surface area (Å²) in [5.41, 5.74) is 0.343. The number of pyridine rings is 1. The van der Waals surface area contributed by atoms with Crippen LogP contribution in [0.4, 0.5) is 13.2 Å². The second kappa shape index (κ2) is 7.53. The molecule has 5 nitrogen and oxygen atoms in total. The van der Waals surface area contributed by atoms with Gasteiger partial charge in [-0.1, -0.05) is 0 Å². The van der Waals surface area contributed by atoms with Crippen LogP contribution in [0.5, 0.6) is 0 Å². The molecule has 0 radical (unpaired) electrons. The zero-order valence-electron chi connectivity index (χ0n) is 14.0. The first-order valence-corrected chi connectivity index (χ1v) is 8.35. The lowest BCUT2D eigenvalue weighted by Gasteiger charge is -2.20. The molecule has 136 valence electrons. The molecule has 2 aromatic rings. The molecule has 0 spiro atoms. The van der Waals surface area contributed by atoms with Gasteiger partial charge in [-0.25, -0.2) is 0 Å². The summed E-state index contributed by atoms with van der Waals surface area (Å²) < 4.78 is 46.8. The molecular formula is C17H21F3N4O. The van der Waals surface area contributed by atoms with Crippen molar-refractivity contribution in [1.82, 2.24) is 20.1 Å². The van der Waals surface area contributed by atoms with Gasteiger partial charge in [0.25, 0.3) is 0 Å². The number of aromatic nitrogens is 3. The van der Waals surface area contributed by atoms with Gasteiger partial charge in [0, 0.05) is 44.6 Å². The second-order valence-corrected chi connectivity index (χ2v) is 6.04. The molecule has 1 fully saturated rings. The van der Waals surface area contributed by atoms with E-state index in [0.29, 0.717) is 13.2 Å². The number of ether oxygens (including phenoxy) is 1. The van der Waals surface area contributed by atoms with Gasteiger partial charge in [-0.15, -0.1) is 0 Å². The predicted molar refractivity (Wildman–Crippen MR) is 85.6 cm³/mol. The Kier molecular flexibility index (Phi) is 5.39. The molecule has 0 aromatic carbocycles. The second-order valence-electron chi connectivity index (χ2n) is 6.04. The van der Waals surface area contributed by atoms with Gasteiger partial charge in [0.2, 0.25) is 0 Å². The maximum Gasteiger partial charge on any atom is 0.418 e. The summed E-state index contributed by atoms with van der Waals surface area (Å²) in [5, 5.41) is 7.37. The fourth-order valence-corrected chi connectivity index (χ4v) is 3.23. The summed E-state index contributed by atoms with van der Waals surface area (Å²) >= 11 is 0. The smallest absolute Gasteiger partial charge is 0.372 e. The highest BCUT2D eigenvalue weighted by Gasteiger charge is 2.34. The maximum atomic E-state index is 13.0. The van der Waals surface area contributed by atoms with E-state index in [4.69, 9.17) is 4.74 Å². The number of hydrogen-bond acceptors (Lipinski definition) is 4. The third-order valence-electron chi connectivity index (χ3n) is 4.45. The number of rotatable bonds is 6. The highest BCUT2D eigenvalue weighted by molar-refractivity contribution is 5.22. The van der Waals surface area contributed by atoms with Gasteiger partial charge < -0.3 is 10.1 Å². The van der Waals surface area contributed by atoms with Gasteiger partial charge in [-0.05, 0) is 31.5 Å². The van der Waals surface area contributed by atoms with Crippen molar-refractivity contribution in [2.24, 2.45) is 5.92 Å². The minimum absolute atomic E-state index is 0.0177. The Bertz CT molecular complexity index is 701. The molecule has 3 heterocycles. The number of aryl methyl sites for hydroxylation is 1. The molecular weight excluding hydrogens is 333 g/mol. The highest BCUT2D eigenvalue weighted by Crippen LogP contribution is 2.34. The summed E-state index contributed by atoms with van der Waals surface area (Å²) in [6.45, 7) is 4.05. The zero-order valence-corrected chi connectivity index (χ0v) is 14.0. The molecule has 3 rings (SSSR count). The summed E-state index contributed by atoms with van der Waals surface area (Å²) in [7, 11) is 0. The van der Waals surface area contributed by atoms with Crippen molar-refractivity contribution in [2.45, 2.75) is 38.7 Å². The summed E-state index contributed by atoms with van der Waals surface area (Å²) in [4.78, 5) is 3.88. The van der Waals surface area contributed by atoms with Crippen LogP contribution < -0.4 is 5.32 Å². The number of halogens is 3. The molecule has 1 saturated heterocycles. The first-order valence-electron chi connectivity index (χ1n) is 8.35. The van der Waals surface area contributed by atoms with E-state index in [1.165, 1.54) is 12.3 Å². The Labute approximate surface area is 144 Å². The predicted octanol–water partition coefficient (Wildman–Crippen LogP) is 3.18. The van der Waals surface area contributed by atoms with Crippen molar-refractivity contribution >= 4 is 0 Å². The average Bonchev–Trinajstić information content (AvgIpc) is 3.22. The fraction of sp³-hybridized carbons (Fsp3) is 0.529. The summed E-state index contributed by atoms with van der Waals surface area (Å²) in [6, 6.07) is 4.30. The van der Waals surface area contributed by atoms with Crippen LogP contribution in [0.25, 0.3) is 0 Å². The van der Waals surface area contributed by atoms with Gasteiger partial charge in [0.05, 0.1) is 17.0 Å². The molecule has 0 unspecified atom stereocenters. The van der Waals surface area contributed by atoms with Crippen LogP contribution >= 0.6 is 0 Å². The standard InChI is InChI=1S/C17H21F3N4O/c1-2-24-15(5-8-23-24)16-12(6-9-25-16)10-21-11-14-13(17(18,19)20)4-3-7-22-14/h3-5,7-8,12,16,21H,2,6,9-11H2,1H3/t12-,16+/m0/s1. The van der Waals surface area contributed by atoms with Crippen LogP contribution in [0.1, 0.15) is 36.4 Å². The molecule has 1 aliphatic rings. The molecule has 2 atom stereocenters. The van der Waals surface area contributed by atoms with Crippen molar-refractivity contribution < 1.29 is 17.9 Å². The molecule has 1 aliphatic heterocycles. The van der Waals surface area contributed by atoms with Crippen molar-refractivity contribution in [3.63, 3.8) is 0 Å². The number of hydrogen-bond donors (Lipinski definition) is 1. The van der Waals surface area contributed by atoms with Crippen molar-refractivity contribution in [1.29, 1.82) is 0 Å². The fourth-order valence-electron chi connectivity index (χ4n) is 3.23. The first-order chi connectivity index (χ1) is 12.0. The molecule has 25 heavy (non-hydrogen) atoms. The third kappa shape index (κ3) is 4.01. The average molecular weight is 354 g/mol. The lowest BCUT2D eigenvalue weighted by molar-refractivity contribution is -0.138. The normalized spacial score (nSPS) is 21.0. The van der Waals surface area contributed by atoms with Gasteiger partial charge in [-0.2, -0.15) is 18.3 Å².